The molecule has 2 bridgehead atoms. The van der Waals surface area contributed by atoms with Gasteiger partial charge in [-0.1, -0.05) is 13.3 Å². The Morgan fingerprint density at radius 2 is 1.95 bits per heavy atom. The third-order valence-electron chi connectivity index (χ3n) is 5.55. The van der Waals surface area contributed by atoms with E-state index in [1.807, 2.05) is 0 Å². The molecule has 108 valence electrons. The molecule has 19 heavy (non-hydrogen) atoms. The van der Waals surface area contributed by atoms with Crippen molar-refractivity contribution >= 4 is 5.91 Å². The number of amides is 1. The third-order valence-corrected chi connectivity index (χ3v) is 5.55. The highest BCUT2D eigenvalue weighted by atomic mass is 16.2. The number of fused-ring (bicyclic) bond motifs is 2. The Kier molecular flexibility index (Phi) is 4.11. The molecule has 1 N–H and O–H groups in total. The average Bonchev–Trinajstić information content (AvgIpc) is 3.04. The van der Waals surface area contributed by atoms with Gasteiger partial charge in [-0.05, 0) is 56.9 Å². The Balaban J connectivity index is 1.43. The quantitative estimate of drug-likeness (QED) is 0.845. The van der Waals surface area contributed by atoms with Crippen molar-refractivity contribution in [3.05, 3.63) is 0 Å². The van der Waals surface area contributed by atoms with Gasteiger partial charge in [0.15, 0.2) is 0 Å². The molecule has 3 unspecified atom stereocenters. The molecule has 3 heteroatoms. The Labute approximate surface area is 117 Å². The molecule has 3 aliphatic rings. The molecule has 0 radical (unpaired) electrons. The van der Waals surface area contributed by atoms with Gasteiger partial charge in [-0.3, -0.25) is 4.79 Å². The van der Waals surface area contributed by atoms with Crippen LogP contribution >= 0.6 is 0 Å². The van der Waals surface area contributed by atoms with E-state index in [-0.39, 0.29) is 0 Å². The van der Waals surface area contributed by atoms with E-state index in [9.17, 15) is 4.79 Å². The van der Waals surface area contributed by atoms with Crippen molar-refractivity contribution in [2.75, 3.05) is 19.6 Å². The first-order chi connectivity index (χ1) is 9.26. The van der Waals surface area contributed by atoms with E-state index in [1.54, 1.807) is 0 Å². The summed E-state index contributed by atoms with van der Waals surface area (Å²) < 4.78 is 0. The summed E-state index contributed by atoms with van der Waals surface area (Å²) in [6, 6.07) is 0.444. The summed E-state index contributed by atoms with van der Waals surface area (Å²) in [6.07, 6.45) is 8.71. The number of rotatable bonds is 4. The minimum absolute atomic E-state index is 0.354. The number of hydrogen-bond donors (Lipinski definition) is 1. The van der Waals surface area contributed by atoms with Crippen molar-refractivity contribution in [2.45, 2.75) is 57.9 Å². The maximum Gasteiger partial charge on any atom is 0.223 e. The number of likely N-dealkylation sites (tertiary alicyclic amines) is 1. The summed E-state index contributed by atoms with van der Waals surface area (Å²) in [7, 11) is 0. The molecule has 1 amide bonds. The lowest BCUT2D eigenvalue weighted by Gasteiger charge is -2.33. The summed E-state index contributed by atoms with van der Waals surface area (Å²) in [4.78, 5) is 14.9. The van der Waals surface area contributed by atoms with Gasteiger partial charge >= 0.3 is 0 Å². The highest BCUT2D eigenvalue weighted by molar-refractivity contribution is 5.79. The second kappa shape index (κ2) is 5.82. The zero-order valence-corrected chi connectivity index (χ0v) is 12.2. The molecule has 1 heterocycles. The molecule has 2 aliphatic carbocycles. The predicted molar refractivity (Wildman–Crippen MR) is 76.8 cm³/mol. The van der Waals surface area contributed by atoms with Crippen LogP contribution in [-0.2, 0) is 4.79 Å². The van der Waals surface area contributed by atoms with Gasteiger partial charge in [-0.25, -0.2) is 0 Å². The van der Waals surface area contributed by atoms with Crippen LogP contribution in [0.2, 0.25) is 0 Å². The lowest BCUT2D eigenvalue weighted by molar-refractivity contribution is -0.127. The Morgan fingerprint density at radius 3 is 2.53 bits per heavy atom. The molecule has 0 spiro atoms. The van der Waals surface area contributed by atoms with E-state index >= 15 is 0 Å². The average molecular weight is 264 g/mol. The standard InChI is InChI=1S/C16H28N2O/c1-2-7-18-8-5-14(6-9-18)17-16(19)15-11-12-3-4-13(15)10-12/h12-15H,2-11H2,1H3,(H,17,19). The summed E-state index contributed by atoms with van der Waals surface area (Å²) in [5.74, 6) is 2.31. The number of nitrogens with one attached hydrogen (secondary N) is 1. The molecule has 0 aromatic heterocycles. The van der Waals surface area contributed by atoms with Gasteiger partial charge in [0.25, 0.3) is 0 Å². The van der Waals surface area contributed by atoms with Crippen LogP contribution in [0.1, 0.15) is 51.9 Å². The van der Waals surface area contributed by atoms with E-state index in [1.165, 1.54) is 38.6 Å². The first kappa shape index (κ1) is 13.4. The summed E-state index contributed by atoms with van der Waals surface area (Å²) in [5.41, 5.74) is 0. The van der Waals surface area contributed by atoms with Crippen molar-refractivity contribution in [3.8, 4) is 0 Å². The number of carbonyl (C=O) groups is 1. The van der Waals surface area contributed by atoms with E-state index in [2.05, 4.69) is 17.1 Å². The van der Waals surface area contributed by atoms with Crippen molar-refractivity contribution in [3.63, 3.8) is 0 Å². The molecule has 1 saturated heterocycles. The molecular formula is C16H28N2O. The minimum atomic E-state index is 0.354. The molecule has 1 aliphatic heterocycles. The second-order valence-corrected chi connectivity index (χ2v) is 6.91. The maximum absolute atomic E-state index is 12.4. The fraction of sp³-hybridized carbons (Fsp3) is 0.938. The Bertz CT molecular complexity index is 323. The van der Waals surface area contributed by atoms with Crippen molar-refractivity contribution in [1.29, 1.82) is 0 Å². The van der Waals surface area contributed by atoms with Crippen LogP contribution in [-0.4, -0.2) is 36.5 Å². The zero-order chi connectivity index (χ0) is 13.2. The number of carbonyl (C=O) groups excluding carboxylic acids is 1. The lowest BCUT2D eigenvalue weighted by Crippen LogP contribution is -2.47. The maximum atomic E-state index is 12.4. The van der Waals surface area contributed by atoms with Gasteiger partial charge in [0.05, 0.1) is 0 Å². The number of hydrogen-bond acceptors (Lipinski definition) is 2. The first-order valence-electron chi connectivity index (χ1n) is 8.29. The van der Waals surface area contributed by atoms with Crippen LogP contribution in [0.4, 0.5) is 0 Å². The van der Waals surface area contributed by atoms with Crippen LogP contribution in [0, 0.1) is 17.8 Å². The SMILES string of the molecule is CCCN1CCC(NC(=O)C2CC3CCC2C3)CC1. The van der Waals surface area contributed by atoms with E-state index in [4.69, 9.17) is 0 Å². The fourth-order valence-corrected chi connectivity index (χ4v) is 4.49. The monoisotopic (exact) mass is 264 g/mol. The predicted octanol–water partition coefficient (Wildman–Crippen LogP) is 2.41. The molecule has 0 aromatic carbocycles. The van der Waals surface area contributed by atoms with Gasteiger partial charge < -0.3 is 10.2 Å². The van der Waals surface area contributed by atoms with Crippen molar-refractivity contribution in [1.82, 2.24) is 10.2 Å². The van der Waals surface area contributed by atoms with Gasteiger partial charge in [0, 0.05) is 25.0 Å². The highest BCUT2D eigenvalue weighted by Gasteiger charge is 2.43. The van der Waals surface area contributed by atoms with Crippen molar-refractivity contribution in [2.24, 2.45) is 17.8 Å². The summed E-state index contributed by atoms with van der Waals surface area (Å²) in [6.45, 7) is 5.78. The largest absolute Gasteiger partial charge is 0.353 e. The van der Waals surface area contributed by atoms with Crippen molar-refractivity contribution < 1.29 is 4.79 Å². The van der Waals surface area contributed by atoms with E-state index < -0.39 is 0 Å². The van der Waals surface area contributed by atoms with Gasteiger partial charge in [0.1, 0.15) is 0 Å². The van der Waals surface area contributed by atoms with Gasteiger partial charge in [-0.15, -0.1) is 0 Å². The van der Waals surface area contributed by atoms with Crippen LogP contribution in [0.15, 0.2) is 0 Å². The Hall–Kier alpha value is -0.570. The zero-order valence-electron chi connectivity index (χ0n) is 12.2. The molecule has 3 fully saturated rings. The van der Waals surface area contributed by atoms with Crippen LogP contribution < -0.4 is 5.32 Å². The smallest absolute Gasteiger partial charge is 0.223 e. The molecule has 3 nitrogen and oxygen atoms in total. The Morgan fingerprint density at radius 1 is 1.16 bits per heavy atom. The third kappa shape index (κ3) is 2.96. The van der Waals surface area contributed by atoms with E-state index in [0.717, 1.165) is 31.8 Å². The normalized spacial score (nSPS) is 35.7. The van der Waals surface area contributed by atoms with Gasteiger partial charge in [-0.2, -0.15) is 0 Å². The molecule has 3 atom stereocenters. The fourth-order valence-electron chi connectivity index (χ4n) is 4.49. The summed E-state index contributed by atoms with van der Waals surface area (Å²) >= 11 is 0. The first-order valence-corrected chi connectivity index (χ1v) is 8.29. The van der Waals surface area contributed by atoms with E-state index in [0.29, 0.717) is 23.8 Å². The minimum Gasteiger partial charge on any atom is -0.353 e. The summed E-state index contributed by atoms with van der Waals surface area (Å²) in [5, 5.41) is 3.34. The molecule has 3 rings (SSSR count). The molecule has 0 aromatic rings. The van der Waals surface area contributed by atoms with Gasteiger partial charge in [0.2, 0.25) is 5.91 Å². The lowest BCUT2D eigenvalue weighted by atomic mass is 9.87. The topological polar surface area (TPSA) is 32.3 Å². The number of nitrogens with zero attached hydrogens (tertiary/aromatic N) is 1. The highest BCUT2D eigenvalue weighted by Crippen LogP contribution is 2.48. The second-order valence-electron chi connectivity index (χ2n) is 6.91. The molecular weight excluding hydrogens is 236 g/mol. The number of piperidine rings is 1. The molecule has 2 saturated carbocycles. The van der Waals surface area contributed by atoms with Crippen LogP contribution in [0.5, 0.6) is 0 Å². The van der Waals surface area contributed by atoms with Crippen LogP contribution in [0.3, 0.4) is 0 Å². The van der Waals surface area contributed by atoms with Crippen LogP contribution in [0.25, 0.3) is 0 Å².